The fraction of sp³-hybridized carbons (Fsp3) is 0.0667. The monoisotopic (exact) mass is 304 g/mol. The van der Waals surface area contributed by atoms with Gasteiger partial charge in [-0.2, -0.15) is 0 Å². The van der Waals surface area contributed by atoms with Crippen molar-refractivity contribution in [3.63, 3.8) is 0 Å². The average molecular weight is 305 g/mol. The Balaban J connectivity index is 2.03. The van der Waals surface area contributed by atoms with E-state index in [1.54, 1.807) is 30.3 Å². The summed E-state index contributed by atoms with van der Waals surface area (Å²) < 4.78 is 0. The normalized spacial score (nSPS) is 9.90. The van der Waals surface area contributed by atoms with Crippen molar-refractivity contribution in [3.05, 3.63) is 64.7 Å². The lowest BCUT2D eigenvalue weighted by Gasteiger charge is -2.11. The number of aryl methyl sites for hydroxylation is 1. The van der Waals surface area contributed by atoms with Gasteiger partial charge in [-0.15, -0.1) is 0 Å². The molecule has 0 atom stereocenters. The molecule has 0 aliphatic heterocycles. The van der Waals surface area contributed by atoms with Crippen LogP contribution in [0.2, 0.25) is 5.02 Å². The lowest BCUT2D eigenvalue weighted by Crippen LogP contribution is -2.34. The molecule has 1 amide bonds. The lowest BCUT2D eigenvalue weighted by molar-refractivity contribution is 0.0978. The molecule has 5 heteroatoms. The molecule has 0 aliphatic rings. The quantitative estimate of drug-likeness (QED) is 0.830. The number of anilines is 1. The summed E-state index contributed by atoms with van der Waals surface area (Å²) >= 11 is 11.2. The molecule has 0 spiro atoms. The first-order chi connectivity index (χ1) is 9.56. The molecule has 2 aromatic rings. The van der Waals surface area contributed by atoms with Crippen molar-refractivity contribution in [2.45, 2.75) is 6.92 Å². The highest BCUT2D eigenvalue weighted by molar-refractivity contribution is 7.80. The standard InChI is InChI=1S/C15H13ClN2OS/c1-10-7-8-12(16)13(9-10)17-15(20)18-14(19)11-5-3-2-4-6-11/h2-9H,1H3,(H2,17,18,19,20). The largest absolute Gasteiger partial charge is 0.331 e. The van der Waals surface area contributed by atoms with E-state index < -0.39 is 0 Å². The first kappa shape index (κ1) is 14.5. The molecule has 0 aliphatic carbocycles. The van der Waals surface area contributed by atoms with Crippen molar-refractivity contribution in [2.24, 2.45) is 0 Å². The van der Waals surface area contributed by atoms with Gasteiger partial charge in [-0.1, -0.05) is 35.9 Å². The van der Waals surface area contributed by atoms with Gasteiger partial charge in [0.05, 0.1) is 10.7 Å². The molecule has 0 radical (unpaired) electrons. The Hall–Kier alpha value is -1.91. The molecule has 0 aromatic heterocycles. The fourth-order valence-electron chi connectivity index (χ4n) is 1.65. The van der Waals surface area contributed by atoms with Crippen molar-refractivity contribution in [3.8, 4) is 0 Å². The third-order valence-corrected chi connectivity index (χ3v) is 3.17. The molecular formula is C15H13ClN2OS. The number of carbonyl (C=O) groups excluding carboxylic acids is 1. The van der Waals surface area contributed by atoms with Gasteiger partial charge in [0.2, 0.25) is 0 Å². The van der Waals surface area contributed by atoms with Crippen LogP contribution >= 0.6 is 23.8 Å². The van der Waals surface area contributed by atoms with Crippen LogP contribution < -0.4 is 10.6 Å². The molecule has 2 aromatic carbocycles. The van der Waals surface area contributed by atoms with Gasteiger partial charge in [0, 0.05) is 5.56 Å². The molecule has 102 valence electrons. The van der Waals surface area contributed by atoms with Crippen molar-refractivity contribution < 1.29 is 4.79 Å². The molecule has 20 heavy (non-hydrogen) atoms. The predicted octanol–water partition coefficient (Wildman–Crippen LogP) is 3.78. The van der Waals surface area contributed by atoms with E-state index in [4.69, 9.17) is 23.8 Å². The third-order valence-electron chi connectivity index (χ3n) is 2.63. The summed E-state index contributed by atoms with van der Waals surface area (Å²) in [7, 11) is 0. The molecule has 3 nitrogen and oxygen atoms in total. The summed E-state index contributed by atoms with van der Waals surface area (Å²) in [5.41, 5.74) is 2.27. The highest BCUT2D eigenvalue weighted by atomic mass is 35.5. The second-order valence-corrected chi connectivity index (χ2v) is 5.07. The number of carbonyl (C=O) groups is 1. The van der Waals surface area contributed by atoms with Crippen molar-refractivity contribution in [1.29, 1.82) is 0 Å². The maximum absolute atomic E-state index is 11.9. The van der Waals surface area contributed by atoms with E-state index in [0.717, 1.165) is 5.56 Å². The zero-order valence-corrected chi connectivity index (χ0v) is 12.4. The van der Waals surface area contributed by atoms with Crippen LogP contribution in [0.1, 0.15) is 15.9 Å². The van der Waals surface area contributed by atoms with Gasteiger partial charge in [0.1, 0.15) is 0 Å². The minimum Gasteiger partial charge on any atom is -0.331 e. The van der Waals surface area contributed by atoms with E-state index in [2.05, 4.69) is 10.6 Å². The van der Waals surface area contributed by atoms with Crippen LogP contribution in [0.5, 0.6) is 0 Å². The van der Waals surface area contributed by atoms with E-state index in [9.17, 15) is 4.79 Å². The van der Waals surface area contributed by atoms with Crippen LogP contribution in [0.25, 0.3) is 0 Å². The van der Waals surface area contributed by atoms with Gasteiger partial charge in [-0.3, -0.25) is 10.1 Å². The lowest BCUT2D eigenvalue weighted by atomic mass is 10.2. The molecular weight excluding hydrogens is 292 g/mol. The molecule has 2 N–H and O–H groups in total. The second kappa shape index (κ2) is 6.50. The summed E-state index contributed by atoms with van der Waals surface area (Å²) in [6.45, 7) is 1.95. The summed E-state index contributed by atoms with van der Waals surface area (Å²) in [6.07, 6.45) is 0. The van der Waals surface area contributed by atoms with Crippen LogP contribution in [0, 0.1) is 6.92 Å². The average Bonchev–Trinajstić information content (AvgIpc) is 2.43. The maximum atomic E-state index is 11.9. The highest BCUT2D eigenvalue weighted by Crippen LogP contribution is 2.22. The number of hydrogen-bond acceptors (Lipinski definition) is 2. The molecule has 0 unspecified atom stereocenters. The van der Waals surface area contributed by atoms with Crippen molar-refractivity contribution in [1.82, 2.24) is 5.32 Å². The van der Waals surface area contributed by atoms with Gasteiger partial charge in [0.25, 0.3) is 5.91 Å². The van der Waals surface area contributed by atoms with E-state index in [1.807, 2.05) is 25.1 Å². The minimum atomic E-state index is -0.258. The van der Waals surface area contributed by atoms with Crippen LogP contribution in [-0.2, 0) is 0 Å². The third kappa shape index (κ3) is 3.79. The predicted molar refractivity (Wildman–Crippen MR) is 86.3 cm³/mol. The smallest absolute Gasteiger partial charge is 0.257 e. The van der Waals surface area contributed by atoms with Crippen LogP contribution in [-0.4, -0.2) is 11.0 Å². The summed E-state index contributed by atoms with van der Waals surface area (Å²) in [4.78, 5) is 11.9. The van der Waals surface area contributed by atoms with Crippen LogP contribution in [0.15, 0.2) is 48.5 Å². The molecule has 0 saturated carbocycles. The number of benzene rings is 2. The van der Waals surface area contributed by atoms with E-state index >= 15 is 0 Å². The number of hydrogen-bond donors (Lipinski definition) is 2. The molecule has 0 saturated heterocycles. The first-order valence-electron chi connectivity index (χ1n) is 6.00. The Morgan fingerprint density at radius 1 is 1.15 bits per heavy atom. The molecule has 2 rings (SSSR count). The molecule has 0 fully saturated rings. The summed E-state index contributed by atoms with van der Waals surface area (Å²) in [5.74, 6) is -0.258. The number of nitrogens with one attached hydrogen (secondary N) is 2. The van der Waals surface area contributed by atoms with Crippen LogP contribution in [0.3, 0.4) is 0 Å². The summed E-state index contributed by atoms with van der Waals surface area (Å²) in [5, 5.41) is 6.30. The minimum absolute atomic E-state index is 0.214. The topological polar surface area (TPSA) is 41.1 Å². The summed E-state index contributed by atoms with van der Waals surface area (Å²) in [6, 6.07) is 14.4. The van der Waals surface area contributed by atoms with E-state index in [1.165, 1.54) is 0 Å². The van der Waals surface area contributed by atoms with Gasteiger partial charge in [0.15, 0.2) is 5.11 Å². The zero-order chi connectivity index (χ0) is 14.5. The Morgan fingerprint density at radius 2 is 1.85 bits per heavy atom. The van der Waals surface area contributed by atoms with Crippen molar-refractivity contribution >= 4 is 40.5 Å². The number of thiocarbonyl (C=S) groups is 1. The van der Waals surface area contributed by atoms with Gasteiger partial charge in [-0.05, 0) is 49.0 Å². The SMILES string of the molecule is Cc1ccc(Cl)c(NC(=S)NC(=O)c2ccccc2)c1. The number of halogens is 1. The fourth-order valence-corrected chi connectivity index (χ4v) is 2.02. The number of amides is 1. The Bertz CT molecular complexity index is 644. The Kier molecular flexibility index (Phi) is 4.71. The van der Waals surface area contributed by atoms with Crippen molar-refractivity contribution in [2.75, 3.05) is 5.32 Å². The first-order valence-corrected chi connectivity index (χ1v) is 6.78. The zero-order valence-electron chi connectivity index (χ0n) is 10.8. The van der Waals surface area contributed by atoms with Gasteiger partial charge < -0.3 is 5.32 Å². The second-order valence-electron chi connectivity index (χ2n) is 4.26. The van der Waals surface area contributed by atoms with E-state index in [0.29, 0.717) is 16.3 Å². The Labute approximate surface area is 128 Å². The van der Waals surface area contributed by atoms with Gasteiger partial charge >= 0.3 is 0 Å². The highest BCUT2D eigenvalue weighted by Gasteiger charge is 2.08. The van der Waals surface area contributed by atoms with Crippen LogP contribution in [0.4, 0.5) is 5.69 Å². The number of rotatable bonds is 2. The molecule has 0 heterocycles. The van der Waals surface area contributed by atoms with Gasteiger partial charge in [-0.25, -0.2) is 0 Å². The van der Waals surface area contributed by atoms with E-state index in [-0.39, 0.29) is 11.0 Å². The molecule has 0 bridgehead atoms. The Morgan fingerprint density at radius 3 is 2.55 bits per heavy atom. The maximum Gasteiger partial charge on any atom is 0.257 e.